The summed E-state index contributed by atoms with van der Waals surface area (Å²) >= 11 is 6.28. The van der Waals surface area contributed by atoms with Crippen molar-refractivity contribution in [3.8, 4) is 0 Å². The summed E-state index contributed by atoms with van der Waals surface area (Å²) in [6.07, 6.45) is 0. The minimum Gasteiger partial charge on any atom is -0.399 e. The first-order valence-electron chi connectivity index (χ1n) is 8.82. The van der Waals surface area contributed by atoms with Gasteiger partial charge in [0.25, 0.3) is 11.6 Å². The van der Waals surface area contributed by atoms with Crippen LogP contribution < -0.4 is 10.8 Å². The second kappa shape index (κ2) is 7.40. The Labute approximate surface area is 172 Å². The zero-order valence-corrected chi connectivity index (χ0v) is 17.0. The van der Waals surface area contributed by atoms with E-state index in [1.54, 1.807) is 0 Å². The number of benzene rings is 2. The van der Waals surface area contributed by atoms with E-state index in [2.05, 4.69) is 5.32 Å². The number of nitrogens with one attached hydrogen (secondary N) is 1. The van der Waals surface area contributed by atoms with Crippen molar-refractivity contribution < 1.29 is 23.4 Å². The van der Waals surface area contributed by atoms with Crippen LogP contribution in [0.4, 0.5) is 15.8 Å². The van der Waals surface area contributed by atoms with Gasteiger partial charge >= 0.3 is 7.12 Å². The molecule has 2 aromatic carbocycles. The fourth-order valence-electron chi connectivity index (χ4n) is 2.75. The zero-order valence-electron chi connectivity index (χ0n) is 16.3. The maximum atomic E-state index is 14.0. The van der Waals surface area contributed by atoms with Crippen LogP contribution in [0, 0.1) is 15.9 Å². The first kappa shape index (κ1) is 21.2. The molecule has 0 saturated carbocycles. The molecule has 0 aliphatic carbocycles. The number of amides is 1. The maximum absolute atomic E-state index is 14.0. The molecule has 2 aromatic rings. The molecule has 3 rings (SSSR count). The SMILES string of the molecule is CC1(C)OB(c2cc(C(=O)Nc3cc([N+](=O)[O-])ccc3F)ccc2Cl)OC1(C)C. The summed E-state index contributed by atoms with van der Waals surface area (Å²) < 4.78 is 25.9. The summed E-state index contributed by atoms with van der Waals surface area (Å²) in [5.41, 5.74) is -1.19. The Morgan fingerprint density at radius 3 is 2.34 bits per heavy atom. The lowest BCUT2D eigenvalue weighted by Crippen LogP contribution is -2.41. The van der Waals surface area contributed by atoms with Crippen molar-refractivity contribution >= 4 is 41.5 Å². The van der Waals surface area contributed by atoms with Crippen LogP contribution in [0.25, 0.3) is 0 Å². The van der Waals surface area contributed by atoms with Gasteiger partial charge in [0.15, 0.2) is 0 Å². The van der Waals surface area contributed by atoms with Gasteiger partial charge in [0.05, 0.1) is 21.8 Å². The summed E-state index contributed by atoms with van der Waals surface area (Å²) in [6.45, 7) is 7.57. The van der Waals surface area contributed by atoms with Crippen LogP contribution in [0.2, 0.25) is 5.02 Å². The molecule has 1 aliphatic rings. The lowest BCUT2D eigenvalue weighted by Gasteiger charge is -2.32. The van der Waals surface area contributed by atoms with E-state index < -0.39 is 35.0 Å². The van der Waals surface area contributed by atoms with Crippen LogP contribution in [0.15, 0.2) is 36.4 Å². The topological polar surface area (TPSA) is 90.7 Å². The van der Waals surface area contributed by atoms with E-state index >= 15 is 0 Å². The molecule has 1 saturated heterocycles. The van der Waals surface area contributed by atoms with Crippen molar-refractivity contribution in [1.29, 1.82) is 0 Å². The fourth-order valence-corrected chi connectivity index (χ4v) is 2.96. The van der Waals surface area contributed by atoms with Crippen LogP contribution >= 0.6 is 11.6 Å². The third kappa shape index (κ3) is 4.12. The normalized spacial score (nSPS) is 17.2. The highest BCUT2D eigenvalue weighted by molar-refractivity contribution is 6.65. The molecule has 1 fully saturated rings. The molecular formula is C19H19BClFN2O5. The van der Waals surface area contributed by atoms with Gasteiger partial charge in [0.1, 0.15) is 5.82 Å². The average Bonchev–Trinajstić information content (AvgIpc) is 2.84. The molecule has 0 spiro atoms. The monoisotopic (exact) mass is 420 g/mol. The van der Waals surface area contributed by atoms with E-state index in [-0.39, 0.29) is 16.9 Å². The molecule has 152 valence electrons. The van der Waals surface area contributed by atoms with Crippen molar-refractivity contribution in [3.63, 3.8) is 0 Å². The number of carbonyl (C=O) groups excluding carboxylic acids is 1. The lowest BCUT2D eigenvalue weighted by atomic mass is 9.78. The molecule has 0 unspecified atom stereocenters. The summed E-state index contributed by atoms with van der Waals surface area (Å²) in [7, 11) is -0.783. The number of nitro benzene ring substituents is 1. The van der Waals surface area contributed by atoms with Crippen LogP contribution in [0.5, 0.6) is 0 Å². The minimum absolute atomic E-state index is 0.171. The van der Waals surface area contributed by atoms with Gasteiger partial charge in [-0.3, -0.25) is 14.9 Å². The Morgan fingerprint density at radius 1 is 1.14 bits per heavy atom. The zero-order chi connectivity index (χ0) is 21.6. The average molecular weight is 421 g/mol. The number of carbonyl (C=O) groups is 1. The molecule has 1 amide bonds. The Hall–Kier alpha value is -2.49. The third-order valence-corrected chi connectivity index (χ3v) is 5.52. The van der Waals surface area contributed by atoms with Gasteiger partial charge in [-0.2, -0.15) is 0 Å². The highest BCUT2D eigenvalue weighted by Crippen LogP contribution is 2.37. The predicted molar refractivity (Wildman–Crippen MR) is 108 cm³/mol. The van der Waals surface area contributed by atoms with Crippen LogP contribution in [0.3, 0.4) is 0 Å². The third-order valence-electron chi connectivity index (χ3n) is 5.17. The highest BCUT2D eigenvalue weighted by Gasteiger charge is 2.52. The number of halogens is 2. The summed E-state index contributed by atoms with van der Waals surface area (Å²) in [4.78, 5) is 22.8. The number of hydrogen-bond donors (Lipinski definition) is 1. The molecule has 0 radical (unpaired) electrons. The molecule has 10 heteroatoms. The van der Waals surface area contributed by atoms with Crippen molar-refractivity contribution in [2.45, 2.75) is 38.9 Å². The molecule has 0 bridgehead atoms. The van der Waals surface area contributed by atoms with Gasteiger partial charge in [0.2, 0.25) is 0 Å². The van der Waals surface area contributed by atoms with E-state index in [4.69, 9.17) is 20.9 Å². The predicted octanol–water partition coefficient (Wildman–Crippen LogP) is 3.94. The van der Waals surface area contributed by atoms with E-state index in [0.29, 0.717) is 10.5 Å². The molecule has 0 atom stereocenters. The van der Waals surface area contributed by atoms with Gasteiger partial charge in [-0.1, -0.05) is 11.6 Å². The lowest BCUT2D eigenvalue weighted by molar-refractivity contribution is -0.384. The number of anilines is 1. The van der Waals surface area contributed by atoms with Crippen LogP contribution in [-0.4, -0.2) is 29.2 Å². The molecule has 1 heterocycles. The molecule has 1 aliphatic heterocycles. The van der Waals surface area contributed by atoms with Gasteiger partial charge in [-0.05, 0) is 52.0 Å². The number of hydrogen-bond acceptors (Lipinski definition) is 5. The minimum atomic E-state index is -0.788. The Kier molecular flexibility index (Phi) is 5.42. The smallest absolute Gasteiger partial charge is 0.399 e. The summed E-state index contributed by atoms with van der Waals surface area (Å²) in [5, 5.41) is 13.6. The quantitative estimate of drug-likeness (QED) is 0.460. The number of nitrogens with zero attached hydrogens (tertiary/aromatic N) is 1. The number of non-ortho nitro benzene ring substituents is 1. The number of nitro groups is 1. The highest BCUT2D eigenvalue weighted by atomic mass is 35.5. The second-order valence-corrected chi connectivity index (χ2v) is 8.11. The van der Waals surface area contributed by atoms with Gasteiger partial charge in [-0.15, -0.1) is 0 Å². The molecular weight excluding hydrogens is 401 g/mol. The molecule has 1 N–H and O–H groups in total. The van der Waals surface area contributed by atoms with Gasteiger partial charge in [-0.25, -0.2) is 4.39 Å². The Morgan fingerprint density at radius 2 is 1.76 bits per heavy atom. The van der Waals surface area contributed by atoms with E-state index in [9.17, 15) is 19.3 Å². The second-order valence-electron chi connectivity index (χ2n) is 7.70. The van der Waals surface area contributed by atoms with Crippen molar-refractivity contribution in [2.24, 2.45) is 0 Å². The Bertz CT molecular complexity index is 983. The molecule has 0 aromatic heterocycles. The van der Waals surface area contributed by atoms with E-state index in [1.165, 1.54) is 18.2 Å². The standard InChI is InChI=1S/C19H19BClFN2O5/c1-18(2)19(3,4)29-20(28-18)13-9-11(5-7-14(13)21)17(25)23-16-10-12(24(26)27)6-8-15(16)22/h5-10H,1-4H3,(H,23,25). The van der Waals surface area contributed by atoms with Gasteiger partial charge in [0, 0.05) is 28.2 Å². The van der Waals surface area contributed by atoms with E-state index in [1.807, 2.05) is 27.7 Å². The first-order valence-corrected chi connectivity index (χ1v) is 9.19. The maximum Gasteiger partial charge on any atom is 0.496 e. The molecule has 7 nitrogen and oxygen atoms in total. The van der Waals surface area contributed by atoms with E-state index in [0.717, 1.165) is 18.2 Å². The Balaban J connectivity index is 1.88. The van der Waals surface area contributed by atoms with Gasteiger partial charge < -0.3 is 14.6 Å². The largest absolute Gasteiger partial charge is 0.496 e. The van der Waals surface area contributed by atoms with Crippen LogP contribution in [0.1, 0.15) is 38.1 Å². The summed E-state index contributed by atoms with van der Waals surface area (Å²) in [5.74, 6) is -1.44. The molecule has 29 heavy (non-hydrogen) atoms. The number of rotatable bonds is 4. The first-order chi connectivity index (χ1) is 13.4. The van der Waals surface area contributed by atoms with Crippen LogP contribution in [-0.2, 0) is 9.31 Å². The van der Waals surface area contributed by atoms with Crippen molar-refractivity contribution in [2.75, 3.05) is 5.32 Å². The summed E-state index contributed by atoms with van der Waals surface area (Å²) in [6, 6.07) is 7.37. The fraction of sp³-hybridized carbons (Fsp3) is 0.316. The van der Waals surface area contributed by atoms with Crippen molar-refractivity contribution in [3.05, 3.63) is 62.9 Å². The van der Waals surface area contributed by atoms with Crippen molar-refractivity contribution in [1.82, 2.24) is 0 Å².